The van der Waals surface area contributed by atoms with Crippen molar-refractivity contribution in [3.8, 4) is 0 Å². The molecule has 7 rings (SSSR count). The number of likely N-dealkylation sites (N-methyl/N-ethyl adjacent to an activating group) is 2. The van der Waals surface area contributed by atoms with Gasteiger partial charge >= 0.3 is 0 Å². The molecule has 1 aliphatic heterocycles. The van der Waals surface area contributed by atoms with Gasteiger partial charge in [-0.25, -0.2) is 9.37 Å². The number of aliphatic imine (C=N–C) groups is 1. The van der Waals surface area contributed by atoms with Crippen molar-refractivity contribution in [1.29, 1.82) is 0 Å². The van der Waals surface area contributed by atoms with Crippen LogP contribution < -0.4 is 10.2 Å². The summed E-state index contributed by atoms with van der Waals surface area (Å²) in [7, 11) is 5.29. The van der Waals surface area contributed by atoms with Crippen LogP contribution in [0, 0.1) is 26.6 Å². The molecule has 1 amide bonds. The van der Waals surface area contributed by atoms with E-state index in [4.69, 9.17) is 11.6 Å². The Hall–Kier alpha value is -4.64. The molecule has 1 unspecified atom stereocenters. The molecule has 0 spiro atoms. The SMILES string of the molecule is CNC1(c2ccccc2Cl)CCCCC1=O.Cc1cccc([C@H](C)c2c[nH]cn2)c1C.Cc1nn(C)c2c1C(c1ccccc1F)=NCC(=O)N2C.Cl. The number of rotatable bonds is 5. The minimum absolute atomic E-state index is 0. The molecule has 2 aromatic heterocycles. The van der Waals surface area contributed by atoms with Crippen molar-refractivity contribution in [2.45, 2.75) is 64.8 Å². The molecule has 53 heavy (non-hydrogen) atoms. The van der Waals surface area contributed by atoms with Crippen molar-refractivity contribution < 1.29 is 14.0 Å². The fourth-order valence-electron chi connectivity index (χ4n) is 7.06. The summed E-state index contributed by atoms with van der Waals surface area (Å²) in [5.74, 6) is 0.746. The molecule has 2 aliphatic rings. The van der Waals surface area contributed by atoms with Gasteiger partial charge in [-0.05, 0) is 81.1 Å². The maximum Gasteiger partial charge on any atom is 0.249 e. The van der Waals surface area contributed by atoms with Gasteiger partial charge in [0.15, 0.2) is 5.78 Å². The van der Waals surface area contributed by atoms with Crippen LogP contribution in [0.2, 0.25) is 5.02 Å². The highest BCUT2D eigenvalue weighted by atomic mass is 35.5. The molecule has 12 heteroatoms. The van der Waals surface area contributed by atoms with E-state index in [1.165, 1.54) is 27.7 Å². The Bertz CT molecular complexity index is 2080. The fraction of sp³-hybridized carbons (Fsp3) is 0.341. The number of nitrogens with zero attached hydrogens (tertiary/aromatic N) is 5. The highest BCUT2D eigenvalue weighted by Crippen LogP contribution is 2.37. The van der Waals surface area contributed by atoms with Gasteiger partial charge in [0.2, 0.25) is 5.91 Å². The lowest BCUT2D eigenvalue weighted by Crippen LogP contribution is -2.49. The van der Waals surface area contributed by atoms with Crippen molar-refractivity contribution in [3.63, 3.8) is 0 Å². The van der Waals surface area contributed by atoms with Gasteiger partial charge in [-0.1, -0.05) is 73.5 Å². The number of aryl methyl sites for hydroxylation is 3. The van der Waals surface area contributed by atoms with Crippen molar-refractivity contribution >= 4 is 47.2 Å². The van der Waals surface area contributed by atoms with Crippen LogP contribution in [0.15, 0.2) is 84.2 Å². The van der Waals surface area contributed by atoms with Crippen LogP contribution >= 0.6 is 24.0 Å². The normalized spacial score (nSPS) is 17.2. The summed E-state index contributed by atoms with van der Waals surface area (Å²) in [5, 5.41) is 8.21. The third-order valence-corrected chi connectivity index (χ3v) is 10.5. The average Bonchev–Trinajstić information content (AvgIpc) is 3.75. The van der Waals surface area contributed by atoms with Gasteiger partial charge in [-0.15, -0.1) is 12.4 Å². The number of carbonyl (C=O) groups excluding carboxylic acids is 2. The number of Topliss-reactive ketones (excluding diaryl/α,β-unsaturated/α-hetero) is 1. The Kier molecular flexibility index (Phi) is 13.9. The average molecular weight is 761 g/mol. The maximum absolute atomic E-state index is 14.1. The number of halogens is 3. The Balaban J connectivity index is 0.000000179. The summed E-state index contributed by atoms with van der Waals surface area (Å²) < 4.78 is 15.8. The number of benzene rings is 3. The number of hydrogen-bond donors (Lipinski definition) is 2. The summed E-state index contributed by atoms with van der Waals surface area (Å²) in [6, 6.07) is 20.5. The van der Waals surface area contributed by atoms with E-state index in [1.807, 2.05) is 44.4 Å². The standard InChI is InChI=1S/C15H15FN4O.C13H16ClNO.C13H16N2.ClH/c1-9-13-14(10-6-4-5-7-11(10)16)17-8-12(21)19(2)15(13)20(3)18-9;1-15-13(9-5-4-8-12(13)16)10-6-2-3-7-11(10)14;1-9-5-4-6-12(10(9)2)11(3)13-7-14-8-15-13;/h4-7H,8H2,1-3H3;2-3,6-7,15H,4-5,8-9H2,1H3;4-8,11H,1-3H3,(H,14,15);1H/t;;11-;/m..0./s1. The Labute approximate surface area is 322 Å². The van der Waals surface area contributed by atoms with Crippen LogP contribution in [0.5, 0.6) is 0 Å². The second-order valence-electron chi connectivity index (χ2n) is 13.3. The topological polar surface area (TPSA) is 108 Å². The minimum Gasteiger partial charge on any atom is -0.351 e. The van der Waals surface area contributed by atoms with E-state index < -0.39 is 5.54 Å². The predicted molar refractivity (Wildman–Crippen MR) is 213 cm³/mol. The molecule has 1 aliphatic carbocycles. The molecular weight excluding hydrogens is 712 g/mol. The van der Waals surface area contributed by atoms with Gasteiger partial charge in [-0.3, -0.25) is 24.2 Å². The van der Waals surface area contributed by atoms with E-state index >= 15 is 0 Å². The van der Waals surface area contributed by atoms with Gasteiger partial charge in [0.1, 0.15) is 23.7 Å². The van der Waals surface area contributed by atoms with Crippen molar-refractivity contribution in [2.24, 2.45) is 12.0 Å². The lowest BCUT2D eigenvalue weighted by atomic mass is 9.75. The van der Waals surface area contributed by atoms with Crippen LogP contribution in [0.25, 0.3) is 0 Å². The molecule has 1 fully saturated rings. The van der Waals surface area contributed by atoms with E-state index in [9.17, 15) is 14.0 Å². The highest BCUT2D eigenvalue weighted by Gasteiger charge is 2.41. The zero-order valence-electron chi connectivity index (χ0n) is 31.3. The molecule has 280 valence electrons. The molecule has 3 heterocycles. The van der Waals surface area contributed by atoms with Gasteiger partial charge in [-0.2, -0.15) is 5.10 Å². The van der Waals surface area contributed by atoms with E-state index in [0.717, 1.165) is 36.2 Å². The number of hydrogen-bond acceptors (Lipinski definition) is 6. The van der Waals surface area contributed by atoms with Crippen LogP contribution in [0.4, 0.5) is 10.2 Å². The summed E-state index contributed by atoms with van der Waals surface area (Å²) in [4.78, 5) is 37.4. The zero-order chi connectivity index (χ0) is 37.6. The summed E-state index contributed by atoms with van der Waals surface area (Å²) in [5.41, 5.74) is 7.82. The number of anilines is 1. The van der Waals surface area contributed by atoms with Gasteiger partial charge in [0.05, 0.1) is 29.0 Å². The largest absolute Gasteiger partial charge is 0.351 e. The molecule has 2 N–H and O–H groups in total. The van der Waals surface area contributed by atoms with Crippen LogP contribution in [0.3, 0.4) is 0 Å². The Morgan fingerprint density at radius 3 is 2.36 bits per heavy atom. The summed E-state index contributed by atoms with van der Waals surface area (Å²) in [6.45, 7) is 8.34. The summed E-state index contributed by atoms with van der Waals surface area (Å²) in [6.07, 6.45) is 7.24. The second kappa shape index (κ2) is 17.9. The quantitative estimate of drug-likeness (QED) is 0.188. The number of imidazole rings is 1. The van der Waals surface area contributed by atoms with Crippen molar-refractivity contribution in [2.75, 3.05) is 25.5 Å². The first-order chi connectivity index (χ1) is 24.9. The van der Waals surface area contributed by atoms with E-state index in [2.05, 4.69) is 64.3 Å². The number of aromatic amines is 1. The zero-order valence-corrected chi connectivity index (χ0v) is 32.9. The molecule has 5 aromatic rings. The first-order valence-electron chi connectivity index (χ1n) is 17.5. The van der Waals surface area contributed by atoms with Crippen molar-refractivity contribution in [3.05, 3.63) is 135 Å². The van der Waals surface area contributed by atoms with Crippen LogP contribution in [-0.4, -0.2) is 57.8 Å². The van der Waals surface area contributed by atoms with Crippen molar-refractivity contribution in [1.82, 2.24) is 25.1 Å². The monoisotopic (exact) mass is 759 g/mol. The second-order valence-corrected chi connectivity index (χ2v) is 13.7. The van der Waals surface area contributed by atoms with E-state index in [-0.39, 0.29) is 36.5 Å². The predicted octanol–water partition coefficient (Wildman–Crippen LogP) is 8.18. The highest BCUT2D eigenvalue weighted by molar-refractivity contribution is 6.31. The van der Waals surface area contributed by atoms with E-state index in [0.29, 0.717) is 40.0 Å². The van der Waals surface area contributed by atoms with Gasteiger partial charge in [0, 0.05) is 43.2 Å². The lowest BCUT2D eigenvalue weighted by Gasteiger charge is -2.36. The molecule has 3 aromatic carbocycles. The third-order valence-electron chi connectivity index (χ3n) is 10.1. The first kappa shape index (κ1) is 41.1. The molecule has 0 radical (unpaired) electrons. The maximum atomic E-state index is 14.1. The first-order valence-corrected chi connectivity index (χ1v) is 17.9. The molecular formula is C41H48Cl2FN7O2. The third kappa shape index (κ3) is 8.61. The number of amides is 1. The van der Waals surface area contributed by atoms with Crippen LogP contribution in [0.1, 0.15) is 83.3 Å². The lowest BCUT2D eigenvalue weighted by molar-refractivity contribution is -0.127. The number of carbonyl (C=O) groups is 2. The number of fused-ring (bicyclic) bond motifs is 1. The number of H-pyrrole nitrogens is 1. The van der Waals surface area contributed by atoms with Gasteiger partial charge < -0.3 is 10.3 Å². The summed E-state index contributed by atoms with van der Waals surface area (Å²) >= 11 is 6.20. The van der Waals surface area contributed by atoms with Crippen LogP contribution in [-0.2, 0) is 22.2 Å². The number of ketones is 1. The minimum atomic E-state index is -0.559. The smallest absolute Gasteiger partial charge is 0.249 e. The number of aromatic nitrogens is 4. The number of nitrogens with one attached hydrogen (secondary N) is 2. The molecule has 1 saturated carbocycles. The van der Waals surface area contributed by atoms with Gasteiger partial charge in [0.25, 0.3) is 0 Å². The molecule has 0 saturated heterocycles. The molecule has 2 atom stereocenters. The Morgan fingerprint density at radius 2 is 1.70 bits per heavy atom. The Morgan fingerprint density at radius 1 is 0.981 bits per heavy atom. The fourth-order valence-corrected chi connectivity index (χ4v) is 7.36. The molecule has 0 bridgehead atoms. The molecule has 9 nitrogen and oxygen atoms in total. The van der Waals surface area contributed by atoms with E-state index in [1.54, 1.807) is 43.3 Å².